The zero-order chi connectivity index (χ0) is 14.4. The summed E-state index contributed by atoms with van der Waals surface area (Å²) >= 11 is 0. The molecule has 2 aliphatic heterocycles. The van der Waals surface area contributed by atoms with Crippen molar-refractivity contribution in [3.63, 3.8) is 0 Å². The van der Waals surface area contributed by atoms with Crippen LogP contribution in [0.15, 0.2) is 45.6 Å². The van der Waals surface area contributed by atoms with Gasteiger partial charge < -0.3 is 14.1 Å². The summed E-state index contributed by atoms with van der Waals surface area (Å²) in [5.41, 5.74) is 2.62. The standard InChI is InChI=1S/C17H17NO3/c1-11-9-13-16(17(19)20-11)14-7-8-15(21-14)18(13)10-12-5-3-2-4-6-12/h2-6,9,14-15H,7-8,10H2,1H3/t14-,15+/m1/s1. The maximum atomic E-state index is 12.2. The number of anilines is 1. The van der Waals surface area contributed by atoms with Crippen LogP contribution in [0.2, 0.25) is 0 Å². The van der Waals surface area contributed by atoms with Gasteiger partial charge >= 0.3 is 5.63 Å². The van der Waals surface area contributed by atoms with Gasteiger partial charge in [0.05, 0.1) is 17.4 Å². The van der Waals surface area contributed by atoms with Crippen LogP contribution < -0.4 is 10.5 Å². The van der Waals surface area contributed by atoms with Gasteiger partial charge in [0.25, 0.3) is 0 Å². The lowest BCUT2D eigenvalue weighted by atomic mass is 10.1. The van der Waals surface area contributed by atoms with E-state index in [-0.39, 0.29) is 18.0 Å². The first-order valence-corrected chi connectivity index (χ1v) is 7.33. The average molecular weight is 283 g/mol. The Hall–Kier alpha value is -2.07. The Morgan fingerprint density at radius 2 is 2.05 bits per heavy atom. The van der Waals surface area contributed by atoms with Crippen molar-refractivity contribution in [3.05, 3.63) is 63.7 Å². The molecule has 1 aromatic heterocycles. The van der Waals surface area contributed by atoms with Gasteiger partial charge in [-0.25, -0.2) is 4.79 Å². The van der Waals surface area contributed by atoms with Crippen molar-refractivity contribution in [1.29, 1.82) is 0 Å². The van der Waals surface area contributed by atoms with E-state index in [0.29, 0.717) is 11.3 Å². The molecule has 3 heterocycles. The number of ether oxygens (including phenoxy) is 1. The molecule has 2 atom stereocenters. The van der Waals surface area contributed by atoms with Crippen LogP contribution in [0, 0.1) is 6.92 Å². The number of nitrogens with zero attached hydrogens (tertiary/aromatic N) is 1. The number of fused-ring (bicyclic) bond motifs is 4. The van der Waals surface area contributed by atoms with Gasteiger partial charge in [-0.1, -0.05) is 30.3 Å². The molecule has 2 bridgehead atoms. The summed E-state index contributed by atoms with van der Waals surface area (Å²) in [5.74, 6) is 0.651. The minimum Gasteiger partial charge on any atom is -0.428 e. The molecule has 1 aromatic carbocycles. The van der Waals surface area contributed by atoms with Gasteiger partial charge in [-0.15, -0.1) is 0 Å². The molecule has 2 aliphatic rings. The largest absolute Gasteiger partial charge is 0.428 e. The van der Waals surface area contributed by atoms with E-state index in [4.69, 9.17) is 9.15 Å². The van der Waals surface area contributed by atoms with E-state index >= 15 is 0 Å². The van der Waals surface area contributed by atoms with Gasteiger partial charge in [0, 0.05) is 12.6 Å². The van der Waals surface area contributed by atoms with Gasteiger partial charge in [-0.05, 0) is 25.3 Å². The van der Waals surface area contributed by atoms with Gasteiger partial charge in [0.1, 0.15) is 12.0 Å². The fourth-order valence-corrected chi connectivity index (χ4v) is 3.32. The summed E-state index contributed by atoms with van der Waals surface area (Å²) in [6, 6.07) is 12.2. The molecule has 0 unspecified atom stereocenters. The monoisotopic (exact) mass is 283 g/mol. The normalized spacial score (nSPS) is 23.2. The predicted molar refractivity (Wildman–Crippen MR) is 79.2 cm³/mol. The quantitative estimate of drug-likeness (QED) is 0.849. The van der Waals surface area contributed by atoms with Gasteiger partial charge in [-0.3, -0.25) is 0 Å². The second-order valence-corrected chi connectivity index (χ2v) is 5.71. The number of rotatable bonds is 2. The van der Waals surface area contributed by atoms with Crippen molar-refractivity contribution < 1.29 is 9.15 Å². The van der Waals surface area contributed by atoms with Crippen molar-refractivity contribution in [2.75, 3.05) is 4.90 Å². The summed E-state index contributed by atoms with van der Waals surface area (Å²) in [6.07, 6.45) is 1.79. The lowest BCUT2D eigenvalue weighted by molar-refractivity contribution is 0.0287. The van der Waals surface area contributed by atoms with E-state index in [2.05, 4.69) is 17.0 Å². The van der Waals surface area contributed by atoms with Crippen molar-refractivity contribution in [1.82, 2.24) is 0 Å². The zero-order valence-corrected chi connectivity index (χ0v) is 11.9. The second kappa shape index (κ2) is 4.74. The van der Waals surface area contributed by atoms with E-state index in [9.17, 15) is 4.79 Å². The summed E-state index contributed by atoms with van der Waals surface area (Å²) in [5, 5.41) is 0. The Balaban J connectivity index is 1.80. The molecule has 21 heavy (non-hydrogen) atoms. The third-order valence-electron chi connectivity index (χ3n) is 4.26. The lowest BCUT2D eigenvalue weighted by Gasteiger charge is -2.36. The SMILES string of the molecule is Cc1cc2c(c(=O)o1)[C@H]1CC[C@H](O1)N2Cc1ccccc1. The predicted octanol–water partition coefficient (Wildman–Crippen LogP) is 3.15. The van der Waals surface area contributed by atoms with Crippen LogP contribution in [0.3, 0.4) is 0 Å². The smallest absolute Gasteiger partial charge is 0.343 e. The molecule has 2 aromatic rings. The number of hydrogen-bond donors (Lipinski definition) is 0. The minimum absolute atomic E-state index is 0.0592. The van der Waals surface area contributed by atoms with E-state index in [1.165, 1.54) is 5.56 Å². The van der Waals surface area contributed by atoms with Crippen molar-refractivity contribution in [3.8, 4) is 0 Å². The highest BCUT2D eigenvalue weighted by Gasteiger charge is 2.41. The number of benzene rings is 1. The molecular formula is C17H17NO3. The third-order valence-corrected chi connectivity index (χ3v) is 4.26. The fraction of sp³-hybridized carbons (Fsp3) is 0.353. The minimum atomic E-state index is -0.256. The van der Waals surface area contributed by atoms with Crippen LogP contribution in [0.4, 0.5) is 5.69 Å². The molecule has 0 amide bonds. The van der Waals surface area contributed by atoms with Crippen molar-refractivity contribution in [2.45, 2.75) is 38.6 Å². The molecule has 0 radical (unpaired) electrons. The molecule has 0 saturated carbocycles. The van der Waals surface area contributed by atoms with Crippen LogP contribution >= 0.6 is 0 Å². The van der Waals surface area contributed by atoms with E-state index in [1.54, 1.807) is 0 Å². The van der Waals surface area contributed by atoms with Crippen LogP contribution in [-0.2, 0) is 11.3 Å². The number of aryl methyl sites for hydroxylation is 1. The summed E-state index contributed by atoms with van der Waals surface area (Å²) in [6.45, 7) is 2.56. The first-order valence-electron chi connectivity index (χ1n) is 7.33. The van der Waals surface area contributed by atoms with Crippen LogP contribution in [0.1, 0.15) is 35.8 Å². The Morgan fingerprint density at radius 3 is 2.86 bits per heavy atom. The molecule has 108 valence electrons. The highest BCUT2D eigenvalue weighted by Crippen LogP contribution is 2.44. The maximum absolute atomic E-state index is 12.2. The highest BCUT2D eigenvalue weighted by molar-refractivity contribution is 5.57. The topological polar surface area (TPSA) is 42.7 Å². The summed E-state index contributed by atoms with van der Waals surface area (Å²) < 4.78 is 11.3. The molecule has 4 nitrogen and oxygen atoms in total. The van der Waals surface area contributed by atoms with E-state index in [0.717, 1.165) is 25.1 Å². The average Bonchev–Trinajstić information content (AvgIpc) is 2.89. The first kappa shape index (κ1) is 12.7. The maximum Gasteiger partial charge on any atom is 0.343 e. The lowest BCUT2D eigenvalue weighted by Crippen LogP contribution is -2.39. The van der Waals surface area contributed by atoms with Gasteiger partial charge in [0.2, 0.25) is 0 Å². The Bertz CT molecular complexity index is 723. The summed E-state index contributed by atoms with van der Waals surface area (Å²) in [7, 11) is 0. The Morgan fingerprint density at radius 1 is 1.24 bits per heavy atom. The van der Waals surface area contributed by atoms with Crippen molar-refractivity contribution in [2.24, 2.45) is 0 Å². The second-order valence-electron chi connectivity index (χ2n) is 5.71. The van der Waals surface area contributed by atoms with Gasteiger partial charge in [0.15, 0.2) is 0 Å². The number of hydrogen-bond acceptors (Lipinski definition) is 4. The Labute approximate surface area is 123 Å². The zero-order valence-electron chi connectivity index (χ0n) is 11.9. The highest BCUT2D eigenvalue weighted by atomic mass is 16.5. The van der Waals surface area contributed by atoms with Crippen LogP contribution in [-0.4, -0.2) is 6.23 Å². The first-order chi connectivity index (χ1) is 10.2. The van der Waals surface area contributed by atoms with E-state index in [1.807, 2.05) is 31.2 Å². The molecule has 0 aliphatic carbocycles. The molecule has 1 saturated heterocycles. The van der Waals surface area contributed by atoms with Crippen LogP contribution in [0.5, 0.6) is 0 Å². The van der Waals surface area contributed by atoms with E-state index < -0.39 is 0 Å². The van der Waals surface area contributed by atoms with Crippen LogP contribution in [0.25, 0.3) is 0 Å². The summed E-state index contributed by atoms with van der Waals surface area (Å²) in [4.78, 5) is 14.4. The molecule has 1 fully saturated rings. The molecule has 4 heteroatoms. The third kappa shape index (κ3) is 2.07. The molecule has 0 N–H and O–H groups in total. The molecule has 0 spiro atoms. The Kier molecular flexibility index (Phi) is 2.86. The molecular weight excluding hydrogens is 266 g/mol. The van der Waals surface area contributed by atoms with Gasteiger partial charge in [-0.2, -0.15) is 0 Å². The fourth-order valence-electron chi connectivity index (χ4n) is 3.32. The van der Waals surface area contributed by atoms with Crippen molar-refractivity contribution >= 4 is 5.69 Å². The molecule has 4 rings (SSSR count).